The number of amides is 1. The van der Waals surface area contributed by atoms with Gasteiger partial charge in [-0.3, -0.25) is 9.69 Å². The Bertz CT molecular complexity index is 507. The van der Waals surface area contributed by atoms with E-state index < -0.39 is 12.3 Å². The van der Waals surface area contributed by atoms with Gasteiger partial charge in [0.15, 0.2) is 0 Å². The molecule has 1 fully saturated rings. The lowest BCUT2D eigenvalue weighted by Gasteiger charge is -2.33. The second-order valence-electron chi connectivity index (χ2n) is 5.95. The van der Waals surface area contributed by atoms with Crippen LogP contribution < -0.4 is 5.32 Å². The zero-order chi connectivity index (χ0) is 16.8. The van der Waals surface area contributed by atoms with E-state index in [1.54, 1.807) is 6.20 Å². The van der Waals surface area contributed by atoms with Crippen LogP contribution in [0.15, 0.2) is 12.4 Å². The van der Waals surface area contributed by atoms with Crippen LogP contribution in [0.25, 0.3) is 0 Å². The van der Waals surface area contributed by atoms with Crippen LogP contribution in [-0.4, -0.2) is 59.1 Å². The maximum absolute atomic E-state index is 12.1. The fraction of sp³-hybridized carbons (Fsp3) is 0.733. The summed E-state index contributed by atoms with van der Waals surface area (Å²) in [5.74, 6) is -0.219. The summed E-state index contributed by atoms with van der Waals surface area (Å²) in [7, 11) is 0. The molecule has 1 aliphatic rings. The zero-order valence-electron chi connectivity index (χ0n) is 13.5. The predicted molar refractivity (Wildman–Crippen MR) is 81.3 cm³/mol. The van der Waals surface area contributed by atoms with Crippen molar-refractivity contribution < 1.29 is 18.3 Å². The minimum absolute atomic E-state index is 0.0656. The number of imidazole rings is 1. The summed E-state index contributed by atoms with van der Waals surface area (Å²) in [5.41, 5.74) is 0. The lowest BCUT2D eigenvalue weighted by molar-refractivity contribution is -0.131. The number of ether oxygens (including phenoxy) is 1. The molecule has 0 spiro atoms. The molecule has 23 heavy (non-hydrogen) atoms. The third-order valence-corrected chi connectivity index (χ3v) is 3.86. The number of hydrogen-bond donors (Lipinski definition) is 1. The Balaban J connectivity index is 1.79. The van der Waals surface area contributed by atoms with Crippen LogP contribution in [0.1, 0.15) is 32.1 Å². The van der Waals surface area contributed by atoms with Gasteiger partial charge in [0, 0.05) is 38.1 Å². The Hall–Kier alpha value is -1.54. The van der Waals surface area contributed by atoms with Gasteiger partial charge in [-0.1, -0.05) is 0 Å². The molecule has 0 saturated carbocycles. The topological polar surface area (TPSA) is 59.4 Å². The van der Waals surface area contributed by atoms with Crippen LogP contribution >= 0.6 is 0 Å². The summed E-state index contributed by atoms with van der Waals surface area (Å²) in [4.78, 5) is 17.5. The van der Waals surface area contributed by atoms with Crippen molar-refractivity contribution in [2.24, 2.45) is 0 Å². The minimum atomic E-state index is -2.96. The number of carbonyl (C=O) groups is 1. The number of hydrogen-bond acceptors (Lipinski definition) is 4. The normalized spacial score (nSPS) is 19.5. The zero-order valence-corrected chi connectivity index (χ0v) is 13.5. The number of alkyl halides is 2. The Morgan fingerprint density at radius 2 is 2.30 bits per heavy atom. The molecule has 1 N–H and O–H groups in total. The molecule has 0 aliphatic carbocycles. The van der Waals surface area contributed by atoms with Crippen LogP contribution in [0, 0.1) is 0 Å². The lowest BCUT2D eigenvalue weighted by Crippen LogP contribution is -2.44. The molecule has 8 heteroatoms. The van der Waals surface area contributed by atoms with Gasteiger partial charge in [0.05, 0.1) is 19.3 Å². The molecular formula is C15H24F2N4O2. The molecule has 1 aromatic heterocycles. The van der Waals surface area contributed by atoms with E-state index in [1.807, 2.05) is 6.20 Å². The monoisotopic (exact) mass is 330 g/mol. The van der Waals surface area contributed by atoms with Crippen molar-refractivity contribution in [2.45, 2.75) is 45.4 Å². The molecule has 0 radical (unpaired) electrons. The van der Waals surface area contributed by atoms with E-state index in [-0.39, 0.29) is 12.6 Å². The highest BCUT2D eigenvalue weighted by Gasteiger charge is 2.22. The first kappa shape index (κ1) is 17.8. The third kappa shape index (κ3) is 5.24. The molecule has 1 amide bonds. The van der Waals surface area contributed by atoms with Gasteiger partial charge in [-0.05, 0) is 20.3 Å². The van der Waals surface area contributed by atoms with Crippen molar-refractivity contribution in [3.8, 4) is 0 Å². The molecule has 0 bridgehead atoms. The van der Waals surface area contributed by atoms with Crippen LogP contribution in [-0.2, 0) is 16.1 Å². The molecule has 1 atom stereocenters. The van der Waals surface area contributed by atoms with Gasteiger partial charge in [0.2, 0.25) is 0 Å². The quantitative estimate of drug-likeness (QED) is 0.822. The first-order valence-corrected chi connectivity index (χ1v) is 7.89. The van der Waals surface area contributed by atoms with E-state index in [4.69, 9.17) is 4.74 Å². The number of morpholine rings is 1. The fourth-order valence-corrected chi connectivity index (χ4v) is 2.67. The lowest BCUT2D eigenvalue weighted by atomic mass is 10.2. The van der Waals surface area contributed by atoms with Crippen molar-refractivity contribution in [2.75, 3.05) is 26.2 Å². The van der Waals surface area contributed by atoms with Crippen molar-refractivity contribution in [1.29, 1.82) is 0 Å². The van der Waals surface area contributed by atoms with Crippen LogP contribution in [0.5, 0.6) is 0 Å². The standard InChI is InChI=1S/C15H24F2N4O2/c1-11(2)21-6-5-18-13(21)10-20-7-8-23-12(9-20)3-4-19-15(22)14(16)17/h5-6,11-12,14H,3-4,7-10H2,1-2H3,(H,19,22)/t12-/m1/s1. The van der Waals surface area contributed by atoms with Crippen molar-refractivity contribution in [3.05, 3.63) is 18.2 Å². The second kappa shape index (κ2) is 8.35. The molecular weight excluding hydrogens is 306 g/mol. The highest BCUT2D eigenvalue weighted by atomic mass is 19.3. The van der Waals surface area contributed by atoms with E-state index in [9.17, 15) is 13.6 Å². The van der Waals surface area contributed by atoms with Gasteiger partial charge in [-0.25, -0.2) is 4.98 Å². The van der Waals surface area contributed by atoms with E-state index >= 15 is 0 Å². The third-order valence-electron chi connectivity index (χ3n) is 3.86. The summed E-state index contributed by atoms with van der Waals surface area (Å²) in [6.45, 7) is 7.25. The van der Waals surface area contributed by atoms with Crippen molar-refractivity contribution in [1.82, 2.24) is 19.8 Å². The fourth-order valence-electron chi connectivity index (χ4n) is 2.67. The van der Waals surface area contributed by atoms with Gasteiger partial charge >= 0.3 is 6.43 Å². The van der Waals surface area contributed by atoms with E-state index in [1.165, 1.54) is 0 Å². The van der Waals surface area contributed by atoms with Gasteiger partial charge < -0.3 is 14.6 Å². The molecule has 2 rings (SSSR count). The van der Waals surface area contributed by atoms with Gasteiger partial charge in [-0.15, -0.1) is 0 Å². The maximum Gasteiger partial charge on any atom is 0.315 e. The van der Waals surface area contributed by atoms with Crippen LogP contribution in [0.4, 0.5) is 8.78 Å². The van der Waals surface area contributed by atoms with Gasteiger partial charge in [-0.2, -0.15) is 8.78 Å². The molecule has 0 unspecified atom stereocenters. The highest BCUT2D eigenvalue weighted by molar-refractivity contribution is 5.78. The molecule has 1 saturated heterocycles. The van der Waals surface area contributed by atoms with Crippen molar-refractivity contribution >= 4 is 5.91 Å². The average Bonchev–Trinajstić information content (AvgIpc) is 2.95. The average molecular weight is 330 g/mol. The van der Waals surface area contributed by atoms with E-state index in [0.717, 1.165) is 18.9 Å². The Morgan fingerprint density at radius 1 is 1.52 bits per heavy atom. The van der Waals surface area contributed by atoms with Gasteiger partial charge in [0.25, 0.3) is 5.91 Å². The second-order valence-corrected chi connectivity index (χ2v) is 5.95. The molecule has 130 valence electrons. The molecule has 6 nitrogen and oxygen atoms in total. The number of aromatic nitrogens is 2. The highest BCUT2D eigenvalue weighted by Crippen LogP contribution is 2.14. The van der Waals surface area contributed by atoms with E-state index in [0.29, 0.717) is 25.6 Å². The molecule has 2 heterocycles. The number of nitrogens with zero attached hydrogens (tertiary/aromatic N) is 3. The van der Waals surface area contributed by atoms with Crippen molar-refractivity contribution in [3.63, 3.8) is 0 Å². The van der Waals surface area contributed by atoms with Gasteiger partial charge in [0.1, 0.15) is 5.82 Å². The van der Waals surface area contributed by atoms with Crippen LogP contribution in [0.3, 0.4) is 0 Å². The van der Waals surface area contributed by atoms with E-state index in [2.05, 4.69) is 33.6 Å². The Labute approximate surface area is 134 Å². The number of halogens is 2. The van der Waals surface area contributed by atoms with Crippen LogP contribution in [0.2, 0.25) is 0 Å². The number of carbonyl (C=O) groups excluding carboxylic acids is 1. The summed E-state index contributed by atoms with van der Waals surface area (Å²) >= 11 is 0. The summed E-state index contributed by atoms with van der Waals surface area (Å²) < 4.78 is 32.0. The SMILES string of the molecule is CC(C)n1ccnc1CN1CCO[C@H](CCNC(=O)C(F)F)C1. The summed E-state index contributed by atoms with van der Waals surface area (Å²) in [6, 6.07) is 0.355. The first-order valence-electron chi connectivity index (χ1n) is 7.89. The number of rotatable bonds is 7. The first-order chi connectivity index (χ1) is 11.0. The minimum Gasteiger partial charge on any atom is -0.375 e. The predicted octanol–water partition coefficient (Wildman–Crippen LogP) is 1.44. The maximum atomic E-state index is 12.1. The Kier molecular flexibility index (Phi) is 6.47. The summed E-state index contributed by atoms with van der Waals surface area (Å²) in [5, 5.41) is 2.21. The molecule has 1 aromatic rings. The number of nitrogens with one attached hydrogen (secondary N) is 1. The largest absolute Gasteiger partial charge is 0.375 e. The Morgan fingerprint density at radius 3 is 3.00 bits per heavy atom. The molecule has 1 aliphatic heterocycles. The summed E-state index contributed by atoms with van der Waals surface area (Å²) in [6.07, 6.45) is 1.26. The smallest absolute Gasteiger partial charge is 0.315 e. The molecule has 0 aromatic carbocycles.